The maximum Gasteiger partial charge on any atom is 0.161 e. The van der Waals surface area contributed by atoms with E-state index in [0.29, 0.717) is 29.0 Å². The number of hydrogen-bond donors (Lipinski definition) is 1. The van der Waals surface area contributed by atoms with Crippen LogP contribution in [0.4, 0.5) is 0 Å². The van der Waals surface area contributed by atoms with Gasteiger partial charge < -0.3 is 5.32 Å². The lowest BCUT2D eigenvalue weighted by atomic mass is 9.95. The van der Waals surface area contributed by atoms with Crippen LogP contribution in [0.3, 0.4) is 0 Å². The Bertz CT molecular complexity index is 352. The monoisotopic (exact) mass is 221 g/mol. The van der Waals surface area contributed by atoms with Crippen molar-refractivity contribution >= 4 is 5.78 Å². The third-order valence-electron chi connectivity index (χ3n) is 4.25. The fourth-order valence-electron chi connectivity index (χ4n) is 3.08. The number of rotatable bonds is 3. The number of fused-ring (bicyclic) bond motifs is 1. The summed E-state index contributed by atoms with van der Waals surface area (Å²) >= 11 is 0. The van der Waals surface area contributed by atoms with Gasteiger partial charge in [0, 0.05) is 24.2 Å². The molecular weight excluding hydrogens is 198 g/mol. The van der Waals surface area contributed by atoms with Crippen molar-refractivity contribution < 1.29 is 4.79 Å². The normalized spacial score (nSPS) is 34.0. The Labute approximate surface area is 98.5 Å². The molecule has 1 N–H and O–H groups in total. The highest BCUT2D eigenvalue weighted by Crippen LogP contribution is 2.68. The van der Waals surface area contributed by atoms with Crippen LogP contribution in [-0.2, 0) is 4.79 Å². The summed E-state index contributed by atoms with van der Waals surface area (Å²) < 4.78 is 0. The molecule has 2 heteroatoms. The standard InChI is InChI=1S/C14H23NO/c1-8(2)7-15-9(3)12-11(16)6-10-13(12)14(10,4)5/h8,10,13,15H,6-7H2,1-5H3/b12-9+/t10-,13-/m1/s1. The van der Waals surface area contributed by atoms with E-state index < -0.39 is 0 Å². The van der Waals surface area contributed by atoms with Crippen LogP contribution in [0, 0.1) is 23.2 Å². The number of carbonyl (C=O) groups excluding carboxylic acids is 1. The molecule has 2 aliphatic rings. The molecule has 16 heavy (non-hydrogen) atoms. The lowest BCUT2D eigenvalue weighted by Crippen LogP contribution is -2.21. The third kappa shape index (κ3) is 1.68. The average molecular weight is 221 g/mol. The summed E-state index contributed by atoms with van der Waals surface area (Å²) in [6.07, 6.45) is 0.772. The lowest BCUT2D eigenvalue weighted by molar-refractivity contribution is -0.115. The molecule has 0 bridgehead atoms. The van der Waals surface area contributed by atoms with Crippen LogP contribution >= 0.6 is 0 Å². The maximum absolute atomic E-state index is 11.9. The van der Waals surface area contributed by atoms with Gasteiger partial charge in [-0.3, -0.25) is 4.79 Å². The van der Waals surface area contributed by atoms with Crippen molar-refractivity contribution in [2.45, 2.75) is 41.0 Å². The summed E-state index contributed by atoms with van der Waals surface area (Å²) in [5.41, 5.74) is 2.58. The zero-order valence-electron chi connectivity index (χ0n) is 11.1. The molecule has 0 saturated heterocycles. The zero-order valence-corrected chi connectivity index (χ0v) is 11.1. The van der Waals surface area contributed by atoms with Gasteiger partial charge in [-0.05, 0) is 30.1 Å². The first-order valence-corrected chi connectivity index (χ1v) is 6.33. The van der Waals surface area contributed by atoms with E-state index in [4.69, 9.17) is 0 Å². The van der Waals surface area contributed by atoms with Crippen LogP contribution in [-0.4, -0.2) is 12.3 Å². The van der Waals surface area contributed by atoms with Gasteiger partial charge in [0.05, 0.1) is 0 Å². The number of hydrogen-bond acceptors (Lipinski definition) is 2. The minimum absolute atomic E-state index is 0.365. The summed E-state index contributed by atoms with van der Waals surface area (Å²) in [6, 6.07) is 0. The summed E-state index contributed by atoms with van der Waals surface area (Å²) in [5, 5.41) is 3.41. The molecular formula is C14H23NO. The van der Waals surface area contributed by atoms with Crippen molar-refractivity contribution in [3.63, 3.8) is 0 Å². The Hall–Kier alpha value is -0.790. The molecule has 0 amide bonds. The molecule has 2 rings (SSSR count). The molecule has 0 unspecified atom stereocenters. The van der Waals surface area contributed by atoms with Crippen LogP contribution in [0.1, 0.15) is 41.0 Å². The van der Waals surface area contributed by atoms with E-state index in [0.717, 1.165) is 24.2 Å². The number of Topliss-reactive ketones (excluding diaryl/α,β-unsaturated/α-hetero) is 1. The topological polar surface area (TPSA) is 29.1 Å². The van der Waals surface area contributed by atoms with Gasteiger partial charge in [-0.15, -0.1) is 0 Å². The van der Waals surface area contributed by atoms with E-state index in [-0.39, 0.29) is 0 Å². The van der Waals surface area contributed by atoms with Gasteiger partial charge in [0.25, 0.3) is 0 Å². The van der Waals surface area contributed by atoms with Gasteiger partial charge in [-0.1, -0.05) is 27.7 Å². The average Bonchev–Trinajstić information content (AvgIpc) is 2.59. The minimum Gasteiger partial charge on any atom is -0.388 e. The van der Waals surface area contributed by atoms with Gasteiger partial charge in [-0.25, -0.2) is 0 Å². The number of ketones is 1. The Morgan fingerprint density at radius 2 is 2.12 bits per heavy atom. The summed E-state index contributed by atoms with van der Waals surface area (Å²) in [6.45, 7) is 12.0. The number of nitrogens with one attached hydrogen (secondary N) is 1. The minimum atomic E-state index is 0.365. The molecule has 0 aromatic rings. The number of allylic oxidation sites excluding steroid dienone is 2. The van der Waals surface area contributed by atoms with E-state index in [2.05, 4.69) is 39.9 Å². The lowest BCUT2D eigenvalue weighted by Gasteiger charge is -2.15. The molecule has 2 nitrogen and oxygen atoms in total. The van der Waals surface area contributed by atoms with Crippen molar-refractivity contribution in [1.82, 2.24) is 5.32 Å². The molecule has 2 saturated carbocycles. The van der Waals surface area contributed by atoms with Gasteiger partial charge in [0.15, 0.2) is 5.78 Å². The van der Waals surface area contributed by atoms with Crippen LogP contribution in [0.2, 0.25) is 0 Å². The Balaban J connectivity index is 2.13. The van der Waals surface area contributed by atoms with Gasteiger partial charge >= 0.3 is 0 Å². The third-order valence-corrected chi connectivity index (χ3v) is 4.25. The second-order valence-corrected chi connectivity index (χ2v) is 6.35. The fraction of sp³-hybridized carbons (Fsp3) is 0.786. The largest absolute Gasteiger partial charge is 0.388 e. The van der Waals surface area contributed by atoms with Crippen LogP contribution in [0.15, 0.2) is 11.3 Å². The second-order valence-electron chi connectivity index (χ2n) is 6.35. The van der Waals surface area contributed by atoms with Crippen molar-refractivity contribution in [2.75, 3.05) is 6.54 Å². The molecule has 0 heterocycles. The molecule has 0 aliphatic heterocycles. The van der Waals surface area contributed by atoms with Crippen molar-refractivity contribution in [1.29, 1.82) is 0 Å². The molecule has 0 spiro atoms. The van der Waals surface area contributed by atoms with Gasteiger partial charge in [0.2, 0.25) is 0 Å². The van der Waals surface area contributed by atoms with Crippen molar-refractivity contribution in [3.8, 4) is 0 Å². The first-order chi connectivity index (χ1) is 7.35. The molecule has 2 aliphatic carbocycles. The molecule has 0 aromatic carbocycles. The number of carbonyl (C=O) groups is 1. The molecule has 0 aromatic heterocycles. The molecule has 0 radical (unpaired) electrons. The summed E-state index contributed by atoms with van der Waals surface area (Å²) in [7, 11) is 0. The van der Waals surface area contributed by atoms with E-state index in [1.165, 1.54) is 0 Å². The van der Waals surface area contributed by atoms with E-state index in [9.17, 15) is 4.79 Å². The van der Waals surface area contributed by atoms with Gasteiger partial charge in [-0.2, -0.15) is 0 Å². The van der Waals surface area contributed by atoms with Gasteiger partial charge in [0.1, 0.15) is 0 Å². The van der Waals surface area contributed by atoms with E-state index >= 15 is 0 Å². The quantitative estimate of drug-likeness (QED) is 0.742. The Morgan fingerprint density at radius 3 is 2.62 bits per heavy atom. The SMILES string of the molecule is C/C(NCC(C)C)=C1/C(=O)C[C@@H]2[C@H]1C2(C)C. The maximum atomic E-state index is 11.9. The first-order valence-electron chi connectivity index (χ1n) is 6.33. The Morgan fingerprint density at radius 1 is 1.50 bits per heavy atom. The molecule has 90 valence electrons. The van der Waals surface area contributed by atoms with Crippen LogP contribution in [0.5, 0.6) is 0 Å². The van der Waals surface area contributed by atoms with E-state index in [1.54, 1.807) is 0 Å². The highest BCUT2D eigenvalue weighted by molar-refractivity contribution is 6.01. The smallest absolute Gasteiger partial charge is 0.161 e. The highest BCUT2D eigenvalue weighted by Gasteiger charge is 2.65. The van der Waals surface area contributed by atoms with Crippen molar-refractivity contribution in [3.05, 3.63) is 11.3 Å². The predicted octanol–water partition coefficient (Wildman–Crippen LogP) is 2.75. The second kappa shape index (κ2) is 3.61. The fourth-order valence-corrected chi connectivity index (χ4v) is 3.08. The van der Waals surface area contributed by atoms with Crippen LogP contribution in [0.25, 0.3) is 0 Å². The molecule has 2 fully saturated rings. The summed E-state index contributed by atoms with van der Waals surface area (Å²) in [5.74, 6) is 2.14. The highest BCUT2D eigenvalue weighted by atomic mass is 16.1. The molecule has 2 atom stereocenters. The first kappa shape index (κ1) is 11.7. The van der Waals surface area contributed by atoms with Crippen molar-refractivity contribution in [2.24, 2.45) is 23.2 Å². The Kier molecular flexibility index (Phi) is 2.64. The van der Waals surface area contributed by atoms with E-state index in [1.807, 2.05) is 0 Å². The van der Waals surface area contributed by atoms with Crippen LogP contribution < -0.4 is 5.32 Å². The summed E-state index contributed by atoms with van der Waals surface area (Å²) in [4.78, 5) is 11.9. The zero-order chi connectivity index (χ0) is 12.1. The predicted molar refractivity (Wildman–Crippen MR) is 65.9 cm³/mol.